The predicted octanol–water partition coefficient (Wildman–Crippen LogP) is 3.23. The Balaban J connectivity index is 1.80. The Kier molecular flexibility index (Phi) is 4.51. The lowest BCUT2D eigenvalue weighted by molar-refractivity contribution is -0.126. The molecule has 0 bridgehead atoms. The lowest BCUT2D eigenvalue weighted by atomic mass is 9.87. The van der Waals surface area contributed by atoms with E-state index in [1.165, 1.54) is 32.1 Å². The number of nitrogens with one attached hydrogen (secondary N) is 1. The van der Waals surface area contributed by atoms with Gasteiger partial charge in [0.1, 0.15) is 0 Å². The number of hydrogen-bond acceptors (Lipinski definition) is 1. The number of hydrogen-bond donors (Lipinski definition) is 1. The van der Waals surface area contributed by atoms with Crippen molar-refractivity contribution in [2.75, 3.05) is 0 Å². The molecule has 2 atom stereocenters. The summed E-state index contributed by atoms with van der Waals surface area (Å²) in [7, 11) is 0. The number of rotatable bonds is 2. The number of halogens is 1. The molecular weight excluding hydrogens is 222 g/mol. The Morgan fingerprint density at radius 2 is 1.56 bits per heavy atom. The maximum absolute atomic E-state index is 12.0. The molecule has 2 aliphatic carbocycles. The summed E-state index contributed by atoms with van der Waals surface area (Å²) in [6.07, 6.45) is 10.4. The summed E-state index contributed by atoms with van der Waals surface area (Å²) in [6, 6.07) is 0.227. The van der Waals surface area contributed by atoms with Gasteiger partial charge in [-0.1, -0.05) is 32.1 Å². The summed E-state index contributed by atoms with van der Waals surface area (Å²) < 4.78 is 0. The van der Waals surface area contributed by atoms with Crippen molar-refractivity contribution in [3.8, 4) is 0 Å². The molecule has 1 amide bonds. The van der Waals surface area contributed by atoms with E-state index < -0.39 is 0 Å². The first-order chi connectivity index (χ1) is 7.77. The van der Waals surface area contributed by atoms with E-state index in [-0.39, 0.29) is 23.2 Å². The van der Waals surface area contributed by atoms with Crippen LogP contribution in [-0.2, 0) is 4.79 Å². The van der Waals surface area contributed by atoms with Crippen LogP contribution in [0, 0.1) is 5.92 Å². The van der Waals surface area contributed by atoms with Gasteiger partial charge in [-0.3, -0.25) is 4.79 Å². The minimum Gasteiger partial charge on any atom is -0.352 e. The molecule has 0 aliphatic heterocycles. The molecule has 2 fully saturated rings. The van der Waals surface area contributed by atoms with E-state index in [0.717, 1.165) is 25.7 Å². The molecule has 2 rings (SSSR count). The van der Waals surface area contributed by atoms with Crippen LogP contribution in [0.5, 0.6) is 0 Å². The largest absolute Gasteiger partial charge is 0.352 e. The van der Waals surface area contributed by atoms with Crippen molar-refractivity contribution in [3.05, 3.63) is 0 Å². The summed E-state index contributed by atoms with van der Waals surface area (Å²) in [5.74, 6) is 0.525. The summed E-state index contributed by atoms with van der Waals surface area (Å²) in [4.78, 5) is 12.0. The third-order valence-corrected chi connectivity index (χ3v) is 4.51. The van der Waals surface area contributed by atoms with Gasteiger partial charge < -0.3 is 5.32 Å². The number of carbonyl (C=O) groups is 1. The van der Waals surface area contributed by atoms with Crippen LogP contribution in [0.1, 0.15) is 57.8 Å². The molecule has 0 aromatic carbocycles. The van der Waals surface area contributed by atoms with Crippen LogP contribution in [0.25, 0.3) is 0 Å². The Labute approximate surface area is 103 Å². The molecule has 1 N–H and O–H groups in total. The van der Waals surface area contributed by atoms with Crippen LogP contribution < -0.4 is 5.32 Å². The molecule has 0 aromatic heterocycles. The molecule has 2 nitrogen and oxygen atoms in total. The fraction of sp³-hybridized carbons (Fsp3) is 0.923. The summed E-state index contributed by atoms with van der Waals surface area (Å²) in [6.45, 7) is 0. The topological polar surface area (TPSA) is 29.1 Å². The predicted molar refractivity (Wildman–Crippen MR) is 66.6 cm³/mol. The molecule has 0 spiro atoms. The van der Waals surface area contributed by atoms with Crippen LogP contribution in [0.4, 0.5) is 0 Å². The van der Waals surface area contributed by atoms with E-state index in [1.54, 1.807) is 0 Å². The Hall–Kier alpha value is -0.240. The van der Waals surface area contributed by atoms with E-state index in [1.807, 2.05) is 0 Å². The average Bonchev–Trinajstić information content (AvgIpc) is 2.33. The van der Waals surface area contributed by atoms with Crippen molar-refractivity contribution in [2.45, 2.75) is 69.2 Å². The molecule has 16 heavy (non-hydrogen) atoms. The molecule has 2 saturated carbocycles. The standard InChI is InChI=1S/C13H22ClNO/c14-11-8-4-5-9-12(11)15-13(16)10-6-2-1-3-7-10/h10-12H,1-9H2,(H,15,16)/t11-,12+/m1/s1. The normalized spacial score (nSPS) is 32.3. The van der Waals surface area contributed by atoms with Crippen molar-refractivity contribution >= 4 is 17.5 Å². The lowest BCUT2D eigenvalue weighted by Crippen LogP contribution is -2.45. The van der Waals surface area contributed by atoms with Crippen LogP contribution in [0.2, 0.25) is 0 Å². The van der Waals surface area contributed by atoms with Gasteiger partial charge in [0.25, 0.3) is 0 Å². The van der Waals surface area contributed by atoms with E-state index >= 15 is 0 Å². The molecule has 2 aliphatic rings. The van der Waals surface area contributed by atoms with Gasteiger partial charge in [-0.05, 0) is 25.7 Å². The fourth-order valence-electron chi connectivity index (χ4n) is 2.91. The monoisotopic (exact) mass is 243 g/mol. The van der Waals surface area contributed by atoms with Gasteiger partial charge in [0.15, 0.2) is 0 Å². The van der Waals surface area contributed by atoms with E-state index in [0.29, 0.717) is 0 Å². The maximum Gasteiger partial charge on any atom is 0.223 e. The van der Waals surface area contributed by atoms with E-state index in [4.69, 9.17) is 11.6 Å². The molecule has 0 unspecified atom stereocenters. The second-order valence-electron chi connectivity index (χ2n) is 5.25. The zero-order chi connectivity index (χ0) is 11.4. The number of amides is 1. The first-order valence-electron chi connectivity index (χ1n) is 6.72. The van der Waals surface area contributed by atoms with Gasteiger partial charge in [-0.25, -0.2) is 0 Å². The van der Waals surface area contributed by atoms with Gasteiger partial charge in [0.05, 0.1) is 5.38 Å². The zero-order valence-corrected chi connectivity index (χ0v) is 10.6. The first kappa shape index (κ1) is 12.2. The SMILES string of the molecule is O=C(N[C@H]1CCCC[C@H]1Cl)C1CCCCC1. The van der Waals surface area contributed by atoms with Crippen LogP contribution in [0.3, 0.4) is 0 Å². The van der Waals surface area contributed by atoms with Crippen molar-refractivity contribution < 1.29 is 4.79 Å². The molecule has 0 heterocycles. The van der Waals surface area contributed by atoms with Gasteiger partial charge in [-0.2, -0.15) is 0 Å². The van der Waals surface area contributed by atoms with Gasteiger partial charge in [0, 0.05) is 12.0 Å². The lowest BCUT2D eigenvalue weighted by Gasteiger charge is -2.30. The third-order valence-electron chi connectivity index (χ3n) is 3.99. The van der Waals surface area contributed by atoms with Gasteiger partial charge in [-0.15, -0.1) is 11.6 Å². The Bertz CT molecular complexity index is 238. The minimum atomic E-state index is 0.154. The summed E-state index contributed by atoms with van der Waals surface area (Å²) >= 11 is 6.25. The quantitative estimate of drug-likeness (QED) is 0.742. The maximum atomic E-state index is 12.0. The highest BCUT2D eigenvalue weighted by atomic mass is 35.5. The Morgan fingerprint density at radius 3 is 2.25 bits per heavy atom. The molecule has 0 radical (unpaired) electrons. The highest BCUT2D eigenvalue weighted by Gasteiger charge is 2.28. The molecule has 3 heteroatoms. The number of alkyl halides is 1. The smallest absolute Gasteiger partial charge is 0.223 e. The van der Waals surface area contributed by atoms with Gasteiger partial charge in [0.2, 0.25) is 5.91 Å². The second kappa shape index (κ2) is 5.90. The average molecular weight is 244 g/mol. The van der Waals surface area contributed by atoms with Crippen molar-refractivity contribution in [3.63, 3.8) is 0 Å². The van der Waals surface area contributed by atoms with Crippen molar-refractivity contribution in [1.82, 2.24) is 5.32 Å². The Morgan fingerprint density at radius 1 is 0.938 bits per heavy atom. The minimum absolute atomic E-state index is 0.154. The first-order valence-corrected chi connectivity index (χ1v) is 7.15. The van der Waals surface area contributed by atoms with Gasteiger partial charge >= 0.3 is 0 Å². The fourth-order valence-corrected chi connectivity index (χ4v) is 3.26. The van der Waals surface area contributed by atoms with Crippen molar-refractivity contribution in [2.24, 2.45) is 5.92 Å². The highest BCUT2D eigenvalue weighted by molar-refractivity contribution is 6.21. The molecule has 0 aromatic rings. The highest BCUT2D eigenvalue weighted by Crippen LogP contribution is 2.26. The molecular formula is C13H22ClNO. The summed E-state index contributed by atoms with van der Waals surface area (Å²) in [5.41, 5.74) is 0. The second-order valence-corrected chi connectivity index (χ2v) is 5.81. The molecule has 0 saturated heterocycles. The van der Waals surface area contributed by atoms with Crippen molar-refractivity contribution in [1.29, 1.82) is 0 Å². The third kappa shape index (κ3) is 3.13. The van der Waals surface area contributed by atoms with Crippen LogP contribution in [0.15, 0.2) is 0 Å². The summed E-state index contributed by atoms with van der Waals surface area (Å²) in [5, 5.41) is 3.32. The zero-order valence-electron chi connectivity index (χ0n) is 9.88. The van der Waals surface area contributed by atoms with E-state index in [9.17, 15) is 4.79 Å². The number of carbonyl (C=O) groups excluding carboxylic acids is 1. The van der Waals surface area contributed by atoms with E-state index in [2.05, 4.69) is 5.32 Å². The van der Waals surface area contributed by atoms with Crippen LogP contribution >= 0.6 is 11.6 Å². The van der Waals surface area contributed by atoms with Crippen LogP contribution in [-0.4, -0.2) is 17.3 Å². The molecule has 92 valence electrons.